The molecular formula is C16H20N2O3. The standard InChI is InChI=1S/C9H15NO.C7H5NO2/c1-10-5-4-7-2-3-8(11)6-9(7)10;9-7-8-5-3-1-2-4-6(5)10-7/h7,9H,2-6H2,1H3;1-4H,(H,8,9). The van der Waals surface area contributed by atoms with Crippen LogP contribution < -0.4 is 5.76 Å². The molecule has 2 aromatic rings. The monoisotopic (exact) mass is 288 g/mol. The minimum Gasteiger partial charge on any atom is -0.408 e. The zero-order valence-corrected chi connectivity index (χ0v) is 12.2. The highest BCUT2D eigenvalue weighted by Gasteiger charge is 2.36. The van der Waals surface area contributed by atoms with E-state index in [0.717, 1.165) is 30.7 Å². The Morgan fingerprint density at radius 2 is 2.05 bits per heavy atom. The fraction of sp³-hybridized carbons (Fsp3) is 0.500. The van der Waals surface area contributed by atoms with Crippen molar-refractivity contribution in [1.29, 1.82) is 0 Å². The molecule has 1 aromatic carbocycles. The van der Waals surface area contributed by atoms with Gasteiger partial charge in [0.25, 0.3) is 0 Å². The van der Waals surface area contributed by atoms with Gasteiger partial charge >= 0.3 is 5.76 Å². The van der Waals surface area contributed by atoms with Crippen LogP contribution in [0.2, 0.25) is 0 Å². The molecule has 1 aliphatic carbocycles. The van der Waals surface area contributed by atoms with Crippen LogP contribution in [0.5, 0.6) is 0 Å². The second kappa shape index (κ2) is 5.85. The Hall–Kier alpha value is -1.88. The highest BCUT2D eigenvalue weighted by Crippen LogP contribution is 2.33. The Labute approximate surface area is 122 Å². The molecule has 1 saturated heterocycles. The van der Waals surface area contributed by atoms with Crippen molar-refractivity contribution >= 4 is 16.9 Å². The van der Waals surface area contributed by atoms with Crippen LogP contribution in [0.1, 0.15) is 25.7 Å². The molecule has 1 saturated carbocycles. The lowest BCUT2D eigenvalue weighted by molar-refractivity contribution is -0.122. The summed E-state index contributed by atoms with van der Waals surface area (Å²) in [6.45, 7) is 1.20. The number of rotatable bonds is 0. The highest BCUT2D eigenvalue weighted by atomic mass is 16.4. The average molecular weight is 288 g/mol. The predicted octanol–water partition coefficient (Wildman–Crippen LogP) is 2.18. The quantitative estimate of drug-likeness (QED) is 0.807. The van der Waals surface area contributed by atoms with Gasteiger partial charge in [0.1, 0.15) is 5.78 Å². The molecule has 0 bridgehead atoms. The van der Waals surface area contributed by atoms with E-state index in [1.807, 2.05) is 12.1 Å². The van der Waals surface area contributed by atoms with Crippen LogP contribution in [-0.4, -0.2) is 35.3 Å². The highest BCUT2D eigenvalue weighted by molar-refractivity contribution is 5.80. The maximum absolute atomic E-state index is 11.1. The SMILES string of the molecule is CN1CCC2CCC(=O)CC21.O=c1[nH]c2ccccc2o1. The zero-order valence-electron chi connectivity index (χ0n) is 12.2. The van der Waals surface area contributed by atoms with Gasteiger partial charge in [-0.3, -0.25) is 9.78 Å². The third-order valence-electron chi connectivity index (χ3n) is 4.52. The summed E-state index contributed by atoms with van der Waals surface area (Å²) in [4.78, 5) is 26.6. The molecule has 1 aliphatic heterocycles. The molecule has 1 N–H and O–H groups in total. The van der Waals surface area contributed by atoms with Crippen LogP contribution in [0.15, 0.2) is 33.5 Å². The number of nitrogens with one attached hydrogen (secondary N) is 1. The van der Waals surface area contributed by atoms with E-state index in [1.54, 1.807) is 12.1 Å². The number of H-pyrrole nitrogens is 1. The van der Waals surface area contributed by atoms with Crippen molar-refractivity contribution in [2.45, 2.75) is 31.7 Å². The van der Waals surface area contributed by atoms with Gasteiger partial charge in [0.05, 0.1) is 5.52 Å². The maximum atomic E-state index is 11.1. The molecule has 0 spiro atoms. The molecule has 112 valence electrons. The number of fused-ring (bicyclic) bond motifs is 2. The van der Waals surface area contributed by atoms with Crippen molar-refractivity contribution in [3.63, 3.8) is 0 Å². The molecule has 21 heavy (non-hydrogen) atoms. The van der Waals surface area contributed by atoms with Crippen molar-refractivity contribution in [2.24, 2.45) is 5.92 Å². The fourth-order valence-corrected chi connectivity index (χ4v) is 3.32. The van der Waals surface area contributed by atoms with E-state index in [2.05, 4.69) is 16.9 Å². The van der Waals surface area contributed by atoms with Gasteiger partial charge in [0.15, 0.2) is 5.58 Å². The number of Topliss-reactive ketones (excluding diaryl/α,β-unsaturated/α-hetero) is 1. The summed E-state index contributed by atoms with van der Waals surface area (Å²) in [5, 5.41) is 0. The van der Waals surface area contributed by atoms with Crippen molar-refractivity contribution < 1.29 is 9.21 Å². The lowest BCUT2D eigenvalue weighted by atomic mass is 9.84. The number of para-hydroxylation sites is 2. The minimum atomic E-state index is -0.402. The van der Waals surface area contributed by atoms with E-state index in [1.165, 1.54) is 13.0 Å². The average Bonchev–Trinajstić information content (AvgIpc) is 3.02. The molecule has 0 radical (unpaired) electrons. The summed E-state index contributed by atoms with van der Waals surface area (Å²) >= 11 is 0. The first-order chi connectivity index (χ1) is 10.1. The van der Waals surface area contributed by atoms with Crippen LogP contribution in [0, 0.1) is 5.92 Å². The van der Waals surface area contributed by atoms with E-state index < -0.39 is 5.76 Å². The van der Waals surface area contributed by atoms with Gasteiger partial charge in [0, 0.05) is 18.9 Å². The van der Waals surface area contributed by atoms with Gasteiger partial charge in [-0.2, -0.15) is 0 Å². The molecule has 4 rings (SSSR count). The predicted molar refractivity (Wildman–Crippen MR) is 80.2 cm³/mol. The Morgan fingerprint density at radius 1 is 1.24 bits per heavy atom. The first-order valence-electron chi connectivity index (χ1n) is 7.43. The van der Waals surface area contributed by atoms with Crippen LogP contribution in [0.4, 0.5) is 0 Å². The molecule has 2 heterocycles. The summed E-state index contributed by atoms with van der Waals surface area (Å²) in [6, 6.07) is 7.79. The van der Waals surface area contributed by atoms with E-state index in [9.17, 15) is 9.59 Å². The first-order valence-corrected chi connectivity index (χ1v) is 7.43. The fourth-order valence-electron chi connectivity index (χ4n) is 3.32. The van der Waals surface area contributed by atoms with Crippen molar-refractivity contribution in [2.75, 3.05) is 13.6 Å². The Kier molecular flexibility index (Phi) is 3.92. The molecule has 5 nitrogen and oxygen atoms in total. The van der Waals surface area contributed by atoms with Crippen LogP contribution in [0.3, 0.4) is 0 Å². The van der Waals surface area contributed by atoms with Gasteiger partial charge in [-0.05, 0) is 44.5 Å². The number of hydrogen-bond donors (Lipinski definition) is 1. The van der Waals surface area contributed by atoms with Crippen LogP contribution in [-0.2, 0) is 4.79 Å². The number of carbonyl (C=O) groups excluding carboxylic acids is 1. The maximum Gasteiger partial charge on any atom is 0.417 e. The molecule has 2 fully saturated rings. The summed E-state index contributed by atoms with van der Waals surface area (Å²) in [6.07, 6.45) is 4.12. The number of aromatic nitrogens is 1. The van der Waals surface area contributed by atoms with Crippen molar-refractivity contribution in [3.05, 3.63) is 34.8 Å². The lowest BCUT2D eigenvalue weighted by Gasteiger charge is -2.28. The minimum absolute atomic E-state index is 0.402. The Morgan fingerprint density at radius 3 is 2.86 bits per heavy atom. The third kappa shape index (κ3) is 3.08. The van der Waals surface area contributed by atoms with E-state index in [0.29, 0.717) is 17.4 Å². The van der Waals surface area contributed by atoms with Crippen LogP contribution >= 0.6 is 0 Å². The normalized spacial score (nSPS) is 25.5. The van der Waals surface area contributed by atoms with E-state index in [-0.39, 0.29) is 0 Å². The molecule has 2 unspecified atom stereocenters. The summed E-state index contributed by atoms with van der Waals surface area (Å²) < 4.78 is 4.76. The van der Waals surface area contributed by atoms with Crippen molar-refractivity contribution in [3.8, 4) is 0 Å². The van der Waals surface area contributed by atoms with Gasteiger partial charge in [0.2, 0.25) is 0 Å². The number of oxazole rings is 1. The lowest BCUT2D eigenvalue weighted by Crippen LogP contribution is -2.35. The number of nitrogens with zero attached hydrogens (tertiary/aromatic N) is 1. The largest absolute Gasteiger partial charge is 0.417 e. The number of benzene rings is 1. The summed E-state index contributed by atoms with van der Waals surface area (Å²) in [5.74, 6) is 0.902. The number of hydrogen-bond acceptors (Lipinski definition) is 4. The van der Waals surface area contributed by atoms with Crippen LogP contribution in [0.25, 0.3) is 11.1 Å². The van der Waals surface area contributed by atoms with Crippen molar-refractivity contribution in [1.82, 2.24) is 9.88 Å². The van der Waals surface area contributed by atoms with Gasteiger partial charge in [-0.15, -0.1) is 0 Å². The third-order valence-corrected chi connectivity index (χ3v) is 4.52. The zero-order chi connectivity index (χ0) is 14.8. The molecule has 5 heteroatoms. The number of ketones is 1. The number of aromatic amines is 1. The molecular weight excluding hydrogens is 268 g/mol. The number of carbonyl (C=O) groups is 1. The van der Waals surface area contributed by atoms with E-state index in [4.69, 9.17) is 4.42 Å². The Balaban J connectivity index is 0.000000126. The molecule has 2 aliphatic rings. The molecule has 1 aromatic heterocycles. The van der Waals surface area contributed by atoms with Gasteiger partial charge in [-0.25, -0.2) is 4.79 Å². The first kappa shape index (κ1) is 14.1. The smallest absolute Gasteiger partial charge is 0.408 e. The topological polar surface area (TPSA) is 66.3 Å². The van der Waals surface area contributed by atoms with Gasteiger partial charge in [-0.1, -0.05) is 12.1 Å². The summed E-state index contributed by atoms with van der Waals surface area (Å²) in [5.41, 5.74) is 1.35. The van der Waals surface area contributed by atoms with Gasteiger partial charge < -0.3 is 9.32 Å². The second-order valence-electron chi connectivity index (χ2n) is 5.89. The molecule has 2 atom stereocenters. The summed E-state index contributed by atoms with van der Waals surface area (Å²) in [7, 11) is 2.14. The number of likely N-dealkylation sites (tertiary alicyclic amines) is 1. The molecule has 0 amide bonds. The second-order valence-corrected chi connectivity index (χ2v) is 5.89. The Bertz CT molecular complexity index is 652. The van der Waals surface area contributed by atoms with E-state index >= 15 is 0 Å².